The molecule has 1 heterocycles. The Morgan fingerprint density at radius 1 is 1.62 bits per heavy atom. The van der Waals surface area contributed by atoms with Crippen LogP contribution in [0.5, 0.6) is 5.75 Å². The van der Waals surface area contributed by atoms with E-state index in [2.05, 4.69) is 28.7 Å². The zero-order chi connectivity index (χ0) is 9.26. The number of fused-ring (bicyclic) bond motifs is 1. The first-order valence-corrected chi connectivity index (χ1v) is 6.98. The summed E-state index contributed by atoms with van der Waals surface area (Å²) in [4.78, 5) is 0. The molecule has 0 N–H and O–H groups in total. The van der Waals surface area contributed by atoms with Crippen LogP contribution in [0, 0.1) is 3.57 Å². The van der Waals surface area contributed by atoms with Gasteiger partial charge in [0.15, 0.2) is 0 Å². The van der Waals surface area contributed by atoms with Crippen molar-refractivity contribution in [2.75, 3.05) is 0 Å². The molecule has 1 unspecified atom stereocenters. The Hall–Kier alpha value is 0.0695. The Morgan fingerprint density at radius 2 is 2.46 bits per heavy atom. The van der Waals surface area contributed by atoms with Gasteiger partial charge >= 0.3 is 97.0 Å². The molecule has 0 aromatic heterocycles. The Balaban J connectivity index is 2.20. The van der Waals surface area contributed by atoms with Gasteiger partial charge in [-0.1, -0.05) is 0 Å². The second-order valence-corrected chi connectivity index (χ2v) is 5.42. The third kappa shape index (κ3) is 2.11. The molecule has 0 saturated heterocycles. The fourth-order valence-electron chi connectivity index (χ4n) is 1.46. The van der Waals surface area contributed by atoms with Crippen molar-refractivity contribution < 1.29 is 8.57 Å². The third-order valence-electron chi connectivity index (χ3n) is 2.02. The summed E-state index contributed by atoms with van der Waals surface area (Å²) < 4.78 is 17.3. The molecule has 13 heavy (non-hydrogen) atoms. The normalized spacial score (nSPS) is 19.3. The quantitative estimate of drug-likeness (QED) is 0.601. The number of hydrogen-bond donors (Lipinski definition) is 0. The van der Waals surface area contributed by atoms with Crippen LogP contribution >= 0.6 is 22.6 Å². The minimum absolute atomic E-state index is 0.144. The fraction of sp³-hybridized carbons (Fsp3) is 0.333. The molecule has 2 nitrogen and oxygen atoms in total. The van der Waals surface area contributed by atoms with Crippen molar-refractivity contribution >= 4 is 37.5 Å². The molecule has 0 saturated carbocycles. The summed E-state index contributed by atoms with van der Waals surface area (Å²) in [5, 5.41) is 0.679. The van der Waals surface area contributed by atoms with Crippen molar-refractivity contribution in [1.82, 2.24) is 0 Å². The summed E-state index contributed by atoms with van der Waals surface area (Å²) in [6, 6.07) is 6.16. The average Bonchev–Trinajstić information content (AvgIpc) is 2.46. The third-order valence-corrected chi connectivity index (χ3v) is 3.75. The maximum atomic E-state index is 10.5. The molecule has 0 bridgehead atoms. The van der Waals surface area contributed by atoms with Gasteiger partial charge in [-0.25, -0.2) is 0 Å². The van der Waals surface area contributed by atoms with Gasteiger partial charge in [0, 0.05) is 0 Å². The van der Waals surface area contributed by atoms with E-state index in [1.165, 1.54) is 9.13 Å². The van der Waals surface area contributed by atoms with Gasteiger partial charge in [0.2, 0.25) is 0 Å². The summed E-state index contributed by atoms with van der Waals surface area (Å²) in [6.45, 7) is 0. The van der Waals surface area contributed by atoms with Crippen LogP contribution in [0.4, 0.5) is 0 Å². The van der Waals surface area contributed by atoms with Crippen molar-refractivity contribution in [3.8, 4) is 5.75 Å². The van der Waals surface area contributed by atoms with E-state index in [0.717, 1.165) is 12.2 Å². The second kappa shape index (κ2) is 4.07. The van der Waals surface area contributed by atoms with E-state index in [-0.39, 0.29) is 6.10 Å². The number of ether oxygens (including phenoxy) is 1. The van der Waals surface area contributed by atoms with Gasteiger partial charge in [0.25, 0.3) is 0 Å². The first-order chi connectivity index (χ1) is 6.29. The summed E-state index contributed by atoms with van der Waals surface area (Å²) >= 11 is 1.76. The van der Waals surface area contributed by atoms with Crippen LogP contribution < -0.4 is 4.74 Å². The summed E-state index contributed by atoms with van der Waals surface area (Å²) in [6.07, 6.45) is 1.06. The topological polar surface area (TPSA) is 26.3 Å². The minimum atomic E-state index is -0.528. The number of halogens is 1. The van der Waals surface area contributed by atoms with Crippen LogP contribution in [-0.2, 0) is 10.3 Å². The van der Waals surface area contributed by atoms with Crippen LogP contribution in [0.15, 0.2) is 18.2 Å². The molecule has 1 atom stereocenters. The fourth-order valence-corrected chi connectivity index (χ4v) is 2.72. The molecular weight excluding hydrogens is 346 g/mol. The molecule has 0 spiro atoms. The maximum absolute atomic E-state index is 10.5. The molecule has 1 aliphatic heterocycles. The van der Waals surface area contributed by atoms with Crippen LogP contribution in [0.1, 0.15) is 5.56 Å². The predicted octanol–water partition coefficient (Wildman–Crippen LogP) is 2.06. The number of hydrogen-bond acceptors (Lipinski definition) is 2. The molecule has 1 aromatic rings. The van der Waals surface area contributed by atoms with Crippen molar-refractivity contribution in [2.45, 2.75) is 17.8 Å². The van der Waals surface area contributed by atoms with Crippen molar-refractivity contribution in [1.29, 1.82) is 0 Å². The van der Waals surface area contributed by atoms with Crippen molar-refractivity contribution in [2.24, 2.45) is 0 Å². The Morgan fingerprint density at radius 3 is 3.23 bits per heavy atom. The van der Waals surface area contributed by atoms with E-state index in [9.17, 15) is 3.83 Å². The first-order valence-electron chi connectivity index (χ1n) is 3.99. The predicted molar refractivity (Wildman–Crippen MR) is 58.5 cm³/mol. The van der Waals surface area contributed by atoms with E-state index >= 15 is 0 Å². The number of rotatable bonds is 2. The van der Waals surface area contributed by atoms with Gasteiger partial charge in [-0.15, -0.1) is 0 Å². The summed E-state index contributed by atoms with van der Waals surface area (Å²) in [7, 11) is 0. The van der Waals surface area contributed by atoms with Gasteiger partial charge in [-0.3, -0.25) is 0 Å². The van der Waals surface area contributed by atoms with Gasteiger partial charge < -0.3 is 0 Å². The molecule has 0 fully saturated rings. The monoisotopic (exact) mass is 355 g/mol. The van der Waals surface area contributed by atoms with Gasteiger partial charge in [0.05, 0.1) is 0 Å². The van der Waals surface area contributed by atoms with Crippen LogP contribution in [0.3, 0.4) is 0 Å². The zero-order valence-corrected chi connectivity index (χ0v) is 10.7. The SMILES string of the molecule is O=[Se]CC1Cc2cc(I)ccc2O1. The van der Waals surface area contributed by atoms with E-state index in [1.54, 1.807) is 0 Å². The molecule has 0 amide bonds. The molecular formula is C9H8IO2Se. The first kappa shape index (κ1) is 9.62. The molecule has 1 radical (unpaired) electrons. The Kier molecular flexibility index (Phi) is 3.01. The van der Waals surface area contributed by atoms with Crippen molar-refractivity contribution in [3.05, 3.63) is 27.3 Å². The standard InChI is InChI=1S/C9H8IO2Se/c10-7-1-2-9-6(3-7)4-8(12-9)5-13-11/h1-3,8H,4-5H2. The summed E-state index contributed by atoms with van der Waals surface area (Å²) in [5.74, 6) is 0.967. The van der Waals surface area contributed by atoms with Crippen LogP contribution in [0.2, 0.25) is 5.32 Å². The molecule has 4 heteroatoms. The van der Waals surface area contributed by atoms with Gasteiger partial charge in [0.1, 0.15) is 0 Å². The summed E-state index contributed by atoms with van der Waals surface area (Å²) in [5.41, 5.74) is 1.25. The zero-order valence-electron chi connectivity index (χ0n) is 6.83. The Labute approximate surface area is 96.5 Å². The molecule has 0 aliphatic carbocycles. The molecule has 2 rings (SSSR count). The average molecular weight is 354 g/mol. The van der Waals surface area contributed by atoms with E-state index < -0.39 is 14.9 Å². The molecule has 69 valence electrons. The van der Waals surface area contributed by atoms with E-state index in [4.69, 9.17) is 4.74 Å². The van der Waals surface area contributed by atoms with E-state index in [0.29, 0.717) is 5.32 Å². The van der Waals surface area contributed by atoms with Crippen LogP contribution in [-0.4, -0.2) is 21.0 Å². The van der Waals surface area contributed by atoms with Crippen molar-refractivity contribution in [3.63, 3.8) is 0 Å². The van der Waals surface area contributed by atoms with Gasteiger partial charge in [-0.05, 0) is 0 Å². The molecule has 1 aromatic carbocycles. The second-order valence-electron chi connectivity index (χ2n) is 2.98. The molecule has 1 aliphatic rings. The van der Waals surface area contributed by atoms with Gasteiger partial charge in [-0.2, -0.15) is 0 Å². The Bertz CT molecular complexity index is 340. The number of benzene rings is 1. The van der Waals surface area contributed by atoms with E-state index in [1.807, 2.05) is 12.1 Å². The van der Waals surface area contributed by atoms with Crippen LogP contribution in [0.25, 0.3) is 0 Å².